The predicted octanol–water partition coefficient (Wildman–Crippen LogP) is 8.38. The fourth-order valence-electron chi connectivity index (χ4n) is 3.02. The van der Waals surface area contributed by atoms with Crippen molar-refractivity contribution >= 4 is 21.6 Å². The van der Waals surface area contributed by atoms with Crippen LogP contribution in [0, 0.1) is 23.3 Å². The quantitative estimate of drug-likeness (QED) is 0.225. The summed E-state index contributed by atoms with van der Waals surface area (Å²) in [6.07, 6.45) is 0. The fraction of sp³-hybridized carbons (Fsp3) is 0. The van der Waals surface area contributed by atoms with Gasteiger partial charge in [0.2, 0.25) is 0 Å². The molecule has 4 rings (SSSR count). The largest absolute Gasteiger partial charge is 0.206 e. The zero-order valence-corrected chi connectivity index (χ0v) is 17.0. The van der Waals surface area contributed by atoms with E-state index in [4.69, 9.17) is 0 Å². The van der Waals surface area contributed by atoms with Gasteiger partial charge >= 0.3 is 0 Å². The third kappa shape index (κ3) is 4.11. The molecule has 0 atom stereocenters. The molecule has 0 aromatic heterocycles. The van der Waals surface area contributed by atoms with E-state index in [1.54, 1.807) is 60.7 Å². The number of benzene rings is 4. The maximum Gasteiger partial charge on any atom is 0.148 e. The minimum atomic E-state index is -0.718. The first-order valence-corrected chi connectivity index (χ1v) is 11.1. The Labute approximate surface area is 179 Å². The Morgan fingerprint density at radius 2 is 0.800 bits per heavy atom. The molecule has 0 nitrogen and oxygen atoms in total. The molecule has 30 heavy (non-hydrogen) atoms. The van der Waals surface area contributed by atoms with Crippen LogP contribution in [-0.2, 0) is 0 Å². The Balaban J connectivity index is 1.65. The number of rotatable bonds is 5. The summed E-state index contributed by atoms with van der Waals surface area (Å²) in [6.45, 7) is 0. The lowest BCUT2D eigenvalue weighted by Crippen LogP contribution is -1.93. The molecule has 0 saturated heterocycles. The van der Waals surface area contributed by atoms with Crippen molar-refractivity contribution in [1.29, 1.82) is 0 Å². The van der Waals surface area contributed by atoms with Crippen LogP contribution in [0.2, 0.25) is 0 Å². The lowest BCUT2D eigenvalue weighted by atomic mass is 10.0. The standard InChI is InChI=1S/C24H14F4S2/c25-17-11-13-19(23(27)21(17)15-7-3-1-4-8-15)29-30-20-14-12-18(26)22(24(20)28)16-9-5-2-6-10-16/h1-14H. The van der Waals surface area contributed by atoms with Gasteiger partial charge in [0.15, 0.2) is 0 Å². The van der Waals surface area contributed by atoms with E-state index in [9.17, 15) is 8.78 Å². The van der Waals surface area contributed by atoms with Crippen LogP contribution in [0.5, 0.6) is 0 Å². The van der Waals surface area contributed by atoms with Crippen molar-refractivity contribution in [2.75, 3.05) is 0 Å². The van der Waals surface area contributed by atoms with Crippen LogP contribution < -0.4 is 0 Å². The highest BCUT2D eigenvalue weighted by Crippen LogP contribution is 2.44. The summed E-state index contributed by atoms with van der Waals surface area (Å²) in [5, 5.41) is 0. The normalized spacial score (nSPS) is 10.9. The summed E-state index contributed by atoms with van der Waals surface area (Å²) in [5.74, 6) is -2.78. The second-order valence-corrected chi connectivity index (χ2v) is 8.58. The first kappa shape index (κ1) is 20.6. The average Bonchev–Trinajstić information content (AvgIpc) is 2.76. The van der Waals surface area contributed by atoms with Gasteiger partial charge < -0.3 is 0 Å². The highest BCUT2D eigenvalue weighted by molar-refractivity contribution is 8.76. The number of hydrogen-bond donors (Lipinski definition) is 0. The van der Waals surface area contributed by atoms with Crippen molar-refractivity contribution in [3.8, 4) is 22.3 Å². The average molecular weight is 443 g/mol. The molecule has 0 radical (unpaired) electrons. The van der Waals surface area contributed by atoms with Crippen LogP contribution in [0.3, 0.4) is 0 Å². The van der Waals surface area contributed by atoms with Crippen molar-refractivity contribution in [2.24, 2.45) is 0 Å². The Morgan fingerprint density at radius 3 is 1.17 bits per heavy atom. The highest BCUT2D eigenvalue weighted by atomic mass is 33.1. The molecule has 0 heterocycles. The van der Waals surface area contributed by atoms with Crippen LogP contribution in [0.15, 0.2) is 94.7 Å². The predicted molar refractivity (Wildman–Crippen MR) is 115 cm³/mol. The van der Waals surface area contributed by atoms with Gasteiger partial charge in [-0.15, -0.1) is 0 Å². The fourth-order valence-corrected chi connectivity index (χ4v) is 5.11. The Hall–Kier alpha value is -2.70. The summed E-state index contributed by atoms with van der Waals surface area (Å²) in [6, 6.07) is 21.8. The van der Waals surface area contributed by atoms with Gasteiger partial charge in [0.05, 0.1) is 20.9 Å². The maximum atomic E-state index is 15.0. The first-order valence-electron chi connectivity index (χ1n) is 8.97. The van der Waals surface area contributed by atoms with Crippen molar-refractivity contribution in [1.82, 2.24) is 0 Å². The van der Waals surface area contributed by atoms with E-state index in [-0.39, 0.29) is 20.9 Å². The van der Waals surface area contributed by atoms with E-state index in [0.29, 0.717) is 11.1 Å². The minimum absolute atomic E-state index is 0.134. The molecule has 0 aliphatic carbocycles. The molecule has 0 aliphatic rings. The van der Waals surface area contributed by atoms with Crippen LogP contribution in [0.4, 0.5) is 17.6 Å². The van der Waals surface area contributed by atoms with Crippen LogP contribution in [0.25, 0.3) is 22.3 Å². The Kier molecular flexibility index (Phi) is 6.16. The monoisotopic (exact) mass is 442 g/mol. The Morgan fingerprint density at radius 1 is 0.433 bits per heavy atom. The van der Waals surface area contributed by atoms with Gasteiger partial charge in [-0.05, 0) is 57.0 Å². The van der Waals surface area contributed by atoms with E-state index >= 15 is 8.78 Å². The topological polar surface area (TPSA) is 0 Å². The van der Waals surface area contributed by atoms with Gasteiger partial charge in [-0.25, -0.2) is 17.6 Å². The molecule has 0 fully saturated rings. The summed E-state index contributed by atoms with van der Waals surface area (Å²) >= 11 is 0. The molecule has 150 valence electrons. The second kappa shape index (κ2) is 8.98. The third-order valence-corrected chi connectivity index (χ3v) is 6.86. The van der Waals surface area contributed by atoms with Gasteiger partial charge in [-0.3, -0.25) is 0 Å². The van der Waals surface area contributed by atoms with E-state index in [0.717, 1.165) is 21.6 Å². The second-order valence-electron chi connectivity index (χ2n) is 6.37. The van der Waals surface area contributed by atoms with E-state index in [1.165, 1.54) is 24.3 Å². The molecule has 4 aromatic rings. The van der Waals surface area contributed by atoms with Gasteiger partial charge in [0.1, 0.15) is 23.3 Å². The van der Waals surface area contributed by atoms with Gasteiger partial charge in [0, 0.05) is 0 Å². The molecule has 0 saturated carbocycles. The van der Waals surface area contributed by atoms with Gasteiger partial charge in [-0.1, -0.05) is 60.7 Å². The summed E-state index contributed by atoms with van der Waals surface area (Å²) in [7, 11) is 1.91. The van der Waals surface area contributed by atoms with E-state index < -0.39 is 23.3 Å². The maximum absolute atomic E-state index is 15.0. The molecule has 0 spiro atoms. The first-order chi connectivity index (χ1) is 14.6. The molecular formula is C24H14F4S2. The van der Waals surface area contributed by atoms with E-state index in [1.807, 2.05) is 0 Å². The minimum Gasteiger partial charge on any atom is -0.206 e. The van der Waals surface area contributed by atoms with Crippen LogP contribution in [0.1, 0.15) is 0 Å². The van der Waals surface area contributed by atoms with Crippen LogP contribution in [-0.4, -0.2) is 0 Å². The lowest BCUT2D eigenvalue weighted by Gasteiger charge is -2.11. The van der Waals surface area contributed by atoms with Gasteiger partial charge in [-0.2, -0.15) is 0 Å². The highest BCUT2D eigenvalue weighted by Gasteiger charge is 2.19. The molecule has 6 heteroatoms. The SMILES string of the molecule is Fc1ccc(SSc2ccc(F)c(-c3ccccc3)c2F)c(F)c1-c1ccccc1. The molecular weight excluding hydrogens is 428 g/mol. The molecule has 0 unspecified atom stereocenters. The molecule has 0 aliphatic heterocycles. The van der Waals surface area contributed by atoms with Crippen molar-refractivity contribution < 1.29 is 17.6 Å². The lowest BCUT2D eigenvalue weighted by molar-refractivity contribution is 0.571. The molecule has 0 N–H and O–H groups in total. The summed E-state index contributed by atoms with van der Waals surface area (Å²) in [5.41, 5.74) is 0.565. The van der Waals surface area contributed by atoms with Crippen LogP contribution >= 0.6 is 21.6 Å². The van der Waals surface area contributed by atoms with E-state index in [2.05, 4.69) is 0 Å². The molecule has 0 amide bonds. The smallest absolute Gasteiger partial charge is 0.148 e. The Bertz CT molecular complexity index is 1080. The number of hydrogen-bond acceptors (Lipinski definition) is 2. The van der Waals surface area contributed by atoms with Crippen molar-refractivity contribution in [2.45, 2.75) is 9.79 Å². The van der Waals surface area contributed by atoms with Crippen molar-refractivity contribution in [3.63, 3.8) is 0 Å². The molecule has 4 aromatic carbocycles. The zero-order valence-electron chi connectivity index (χ0n) is 15.4. The van der Waals surface area contributed by atoms with Crippen molar-refractivity contribution in [3.05, 3.63) is 108 Å². The summed E-state index contributed by atoms with van der Waals surface area (Å²) < 4.78 is 58.5. The van der Waals surface area contributed by atoms with Gasteiger partial charge in [0.25, 0.3) is 0 Å². The third-order valence-electron chi connectivity index (χ3n) is 4.46. The molecule has 0 bridgehead atoms. The summed E-state index contributed by atoms with van der Waals surface area (Å²) in [4.78, 5) is 0.315. The number of halogens is 4. The zero-order chi connectivity index (χ0) is 21.1.